The first kappa shape index (κ1) is 22.3. The number of fused-ring (bicyclic) bond motifs is 1. The van der Waals surface area contributed by atoms with E-state index in [9.17, 15) is 4.79 Å². The van der Waals surface area contributed by atoms with Crippen LogP contribution in [0, 0.1) is 6.92 Å². The third-order valence-electron chi connectivity index (χ3n) is 5.39. The fraction of sp³-hybridized carbons (Fsp3) is 0.154. The number of hydrogen-bond donors (Lipinski definition) is 2. The van der Waals surface area contributed by atoms with E-state index in [-0.39, 0.29) is 11.7 Å². The molecule has 3 aromatic carbocycles. The summed E-state index contributed by atoms with van der Waals surface area (Å²) in [5.74, 6) is 0.823. The van der Waals surface area contributed by atoms with Gasteiger partial charge in [-0.1, -0.05) is 49.0 Å². The third kappa shape index (κ3) is 5.03. The molecule has 0 aliphatic carbocycles. The van der Waals surface area contributed by atoms with Crippen molar-refractivity contribution in [1.29, 1.82) is 0 Å². The van der Waals surface area contributed by atoms with Crippen LogP contribution in [0.25, 0.3) is 32.2 Å². The Morgan fingerprint density at radius 2 is 1.76 bits per heavy atom. The Bertz CT molecular complexity index is 1440. The van der Waals surface area contributed by atoms with Gasteiger partial charge in [-0.25, -0.2) is 9.97 Å². The maximum absolute atomic E-state index is 12.4. The Labute approximate surface area is 205 Å². The summed E-state index contributed by atoms with van der Waals surface area (Å²) in [6.07, 6.45) is 0.997. The number of thiazole rings is 1. The van der Waals surface area contributed by atoms with E-state index in [1.807, 2.05) is 36.4 Å². The van der Waals surface area contributed by atoms with Gasteiger partial charge in [0.05, 0.1) is 16.0 Å². The third-order valence-corrected chi connectivity index (χ3v) is 7.31. The molecule has 0 spiro atoms. The van der Waals surface area contributed by atoms with Gasteiger partial charge in [0.2, 0.25) is 11.1 Å². The lowest BCUT2D eigenvalue weighted by molar-refractivity contribution is -0.113. The van der Waals surface area contributed by atoms with E-state index in [0.717, 1.165) is 33.8 Å². The van der Waals surface area contributed by atoms with Crippen molar-refractivity contribution in [2.24, 2.45) is 0 Å². The highest BCUT2D eigenvalue weighted by molar-refractivity contribution is 7.99. The van der Waals surface area contributed by atoms with Gasteiger partial charge in [-0.2, -0.15) is 0 Å². The molecule has 0 radical (unpaired) electrons. The highest BCUT2D eigenvalue weighted by Gasteiger charge is 2.11. The number of aryl methyl sites for hydroxylation is 2. The molecule has 0 saturated heterocycles. The van der Waals surface area contributed by atoms with E-state index < -0.39 is 0 Å². The second-order valence-corrected chi connectivity index (χ2v) is 9.89. The van der Waals surface area contributed by atoms with Gasteiger partial charge in [0.25, 0.3) is 0 Å². The zero-order chi connectivity index (χ0) is 23.5. The van der Waals surface area contributed by atoms with E-state index in [0.29, 0.717) is 11.0 Å². The second kappa shape index (κ2) is 9.79. The first-order valence-corrected chi connectivity index (χ1v) is 12.8. The predicted molar refractivity (Wildman–Crippen MR) is 140 cm³/mol. The molecular weight excluding hydrogens is 462 g/mol. The Kier molecular flexibility index (Phi) is 6.42. The van der Waals surface area contributed by atoms with Crippen LogP contribution in [-0.2, 0) is 11.2 Å². The van der Waals surface area contributed by atoms with Crippen LogP contribution < -0.4 is 5.32 Å². The number of benzene rings is 3. The number of rotatable bonds is 7. The van der Waals surface area contributed by atoms with Crippen LogP contribution in [0.3, 0.4) is 0 Å². The monoisotopic (exact) mass is 485 g/mol. The summed E-state index contributed by atoms with van der Waals surface area (Å²) in [6, 6.07) is 22.3. The predicted octanol–water partition coefficient (Wildman–Crippen LogP) is 6.35. The zero-order valence-electron chi connectivity index (χ0n) is 18.8. The number of aromatic nitrogens is 4. The number of anilines is 1. The number of carbonyl (C=O) groups is 1. The van der Waals surface area contributed by atoms with Crippen molar-refractivity contribution >= 4 is 44.9 Å². The zero-order valence-corrected chi connectivity index (χ0v) is 20.5. The van der Waals surface area contributed by atoms with Gasteiger partial charge < -0.3 is 5.32 Å². The average molecular weight is 486 g/mol. The fourth-order valence-electron chi connectivity index (χ4n) is 3.52. The molecule has 1 amide bonds. The average Bonchev–Trinajstić information content (AvgIpc) is 3.50. The minimum Gasteiger partial charge on any atom is -0.325 e. The molecule has 5 rings (SSSR count). The SMILES string of the molecule is CCc1ccc(-c2nc(SCC(=O)Nc3ccc(-c4nc5ccc(C)cc5s4)cc3)n[nH]2)cc1. The molecule has 0 saturated carbocycles. The number of aromatic amines is 1. The van der Waals surface area contributed by atoms with Crippen LogP contribution in [0.1, 0.15) is 18.1 Å². The summed E-state index contributed by atoms with van der Waals surface area (Å²) in [5, 5.41) is 11.6. The van der Waals surface area contributed by atoms with Crippen molar-refractivity contribution in [1.82, 2.24) is 20.2 Å². The van der Waals surface area contributed by atoms with Crippen molar-refractivity contribution in [3.63, 3.8) is 0 Å². The van der Waals surface area contributed by atoms with Gasteiger partial charge in [0.15, 0.2) is 5.82 Å². The molecule has 0 aliphatic rings. The van der Waals surface area contributed by atoms with E-state index in [1.54, 1.807) is 11.3 Å². The largest absolute Gasteiger partial charge is 0.325 e. The Morgan fingerprint density at radius 3 is 2.53 bits per heavy atom. The number of hydrogen-bond acceptors (Lipinski definition) is 6. The van der Waals surface area contributed by atoms with Crippen LogP contribution in [0.5, 0.6) is 0 Å². The molecule has 2 N–H and O–H groups in total. The van der Waals surface area contributed by atoms with E-state index in [1.165, 1.54) is 27.6 Å². The number of amides is 1. The Hall–Kier alpha value is -3.49. The van der Waals surface area contributed by atoms with Crippen molar-refractivity contribution in [2.45, 2.75) is 25.4 Å². The van der Waals surface area contributed by atoms with Crippen LogP contribution in [-0.4, -0.2) is 31.8 Å². The minimum atomic E-state index is -0.105. The number of nitrogens with one attached hydrogen (secondary N) is 2. The molecule has 0 aliphatic heterocycles. The lowest BCUT2D eigenvalue weighted by Crippen LogP contribution is -2.14. The second-order valence-electron chi connectivity index (χ2n) is 7.92. The van der Waals surface area contributed by atoms with Gasteiger partial charge in [0.1, 0.15) is 5.01 Å². The Morgan fingerprint density at radius 1 is 1.00 bits per heavy atom. The molecule has 0 unspecified atom stereocenters. The van der Waals surface area contributed by atoms with Crippen molar-refractivity contribution in [3.05, 3.63) is 77.9 Å². The Balaban J connectivity index is 1.17. The maximum atomic E-state index is 12.4. The molecule has 0 bridgehead atoms. The topological polar surface area (TPSA) is 83.6 Å². The molecule has 2 aromatic heterocycles. The maximum Gasteiger partial charge on any atom is 0.234 e. The highest BCUT2D eigenvalue weighted by atomic mass is 32.2. The summed E-state index contributed by atoms with van der Waals surface area (Å²) in [7, 11) is 0. The van der Waals surface area contributed by atoms with Crippen LogP contribution in [0.4, 0.5) is 5.69 Å². The molecule has 170 valence electrons. The molecule has 34 heavy (non-hydrogen) atoms. The molecule has 6 nitrogen and oxygen atoms in total. The fourth-order valence-corrected chi connectivity index (χ4v) is 5.18. The quantitative estimate of drug-likeness (QED) is 0.262. The molecular formula is C26H23N5OS2. The van der Waals surface area contributed by atoms with Crippen molar-refractivity contribution in [2.75, 3.05) is 11.1 Å². The van der Waals surface area contributed by atoms with Gasteiger partial charge >= 0.3 is 0 Å². The summed E-state index contributed by atoms with van der Waals surface area (Å²) in [6.45, 7) is 4.21. The van der Waals surface area contributed by atoms with Gasteiger partial charge in [-0.15, -0.1) is 16.4 Å². The van der Waals surface area contributed by atoms with E-state index in [2.05, 4.69) is 64.7 Å². The summed E-state index contributed by atoms with van der Waals surface area (Å²) < 4.78 is 1.18. The smallest absolute Gasteiger partial charge is 0.234 e. The van der Waals surface area contributed by atoms with Crippen molar-refractivity contribution in [3.8, 4) is 22.0 Å². The van der Waals surface area contributed by atoms with Crippen LogP contribution >= 0.6 is 23.1 Å². The summed E-state index contributed by atoms with van der Waals surface area (Å²) in [5.41, 5.74) is 6.27. The van der Waals surface area contributed by atoms with E-state index in [4.69, 9.17) is 4.98 Å². The first-order chi connectivity index (χ1) is 16.6. The molecule has 0 atom stereocenters. The van der Waals surface area contributed by atoms with Crippen molar-refractivity contribution < 1.29 is 4.79 Å². The number of H-pyrrole nitrogens is 1. The standard InChI is InChI=1S/C26H23N5OS2/c1-3-17-5-7-18(8-6-17)24-29-26(31-30-24)33-15-23(32)27-20-11-9-19(10-12-20)25-28-21-13-4-16(2)14-22(21)34-25/h4-14H,3,15H2,1-2H3,(H,27,32)(H,29,30,31). The molecule has 5 aromatic rings. The number of thioether (sulfide) groups is 1. The van der Waals surface area contributed by atoms with Gasteiger partial charge in [-0.3, -0.25) is 9.89 Å². The minimum absolute atomic E-state index is 0.105. The normalized spacial score (nSPS) is 11.1. The molecule has 2 heterocycles. The lowest BCUT2D eigenvalue weighted by Gasteiger charge is -2.05. The van der Waals surface area contributed by atoms with Gasteiger partial charge in [0, 0.05) is 16.8 Å². The van der Waals surface area contributed by atoms with Crippen LogP contribution in [0.15, 0.2) is 71.9 Å². The van der Waals surface area contributed by atoms with E-state index >= 15 is 0 Å². The first-order valence-electron chi connectivity index (χ1n) is 11.0. The van der Waals surface area contributed by atoms with Crippen LogP contribution in [0.2, 0.25) is 0 Å². The van der Waals surface area contributed by atoms with Gasteiger partial charge in [-0.05, 0) is 60.9 Å². The molecule has 0 fully saturated rings. The lowest BCUT2D eigenvalue weighted by atomic mass is 10.1. The summed E-state index contributed by atoms with van der Waals surface area (Å²) >= 11 is 2.97. The molecule has 8 heteroatoms. The number of carbonyl (C=O) groups excluding carboxylic acids is 1. The summed E-state index contributed by atoms with van der Waals surface area (Å²) in [4.78, 5) is 21.6. The highest BCUT2D eigenvalue weighted by Crippen LogP contribution is 2.31. The number of nitrogens with zero attached hydrogens (tertiary/aromatic N) is 3.